The maximum absolute atomic E-state index is 5.71. The Morgan fingerprint density at radius 3 is 2.57 bits per heavy atom. The fourth-order valence-corrected chi connectivity index (χ4v) is 2.91. The summed E-state index contributed by atoms with van der Waals surface area (Å²) in [5.41, 5.74) is 1.22. The van der Waals surface area contributed by atoms with Crippen LogP contribution in [0.1, 0.15) is 5.56 Å². The van der Waals surface area contributed by atoms with Crippen molar-refractivity contribution in [2.45, 2.75) is 6.92 Å². The van der Waals surface area contributed by atoms with Crippen molar-refractivity contribution in [1.82, 2.24) is 9.80 Å². The first-order valence-corrected chi connectivity index (χ1v) is 8.32. The van der Waals surface area contributed by atoms with Crippen molar-refractivity contribution in [3.63, 3.8) is 0 Å². The van der Waals surface area contributed by atoms with Gasteiger partial charge < -0.3 is 14.4 Å². The summed E-state index contributed by atoms with van der Waals surface area (Å²) in [5, 5.41) is 0. The Bertz CT molecular complexity index is 434. The van der Waals surface area contributed by atoms with Gasteiger partial charge in [-0.3, -0.25) is 4.90 Å². The van der Waals surface area contributed by atoms with Crippen molar-refractivity contribution in [1.29, 1.82) is 0 Å². The lowest BCUT2D eigenvalue weighted by atomic mass is 10.2. The van der Waals surface area contributed by atoms with Gasteiger partial charge in [0.1, 0.15) is 12.4 Å². The Morgan fingerprint density at radius 2 is 1.86 bits per heavy atom. The van der Waals surface area contributed by atoms with Crippen LogP contribution in [0.5, 0.6) is 5.75 Å². The van der Waals surface area contributed by atoms with Crippen LogP contribution < -0.4 is 4.74 Å². The molecule has 4 nitrogen and oxygen atoms in total. The SMILES string of the molecule is Cc1ccc(OCCOCCN2CCN(C)CC2)c(Br)c1. The Labute approximate surface area is 136 Å². The lowest BCUT2D eigenvalue weighted by Crippen LogP contribution is -2.45. The van der Waals surface area contributed by atoms with Gasteiger partial charge in [-0.15, -0.1) is 0 Å². The van der Waals surface area contributed by atoms with E-state index in [-0.39, 0.29) is 0 Å². The Kier molecular flexibility index (Phi) is 6.96. The third-order valence-corrected chi connectivity index (χ3v) is 4.34. The molecular formula is C16H25BrN2O2. The number of ether oxygens (including phenoxy) is 2. The van der Waals surface area contributed by atoms with E-state index < -0.39 is 0 Å². The molecule has 1 aromatic carbocycles. The molecule has 1 aliphatic heterocycles. The van der Waals surface area contributed by atoms with Crippen molar-refractivity contribution >= 4 is 15.9 Å². The van der Waals surface area contributed by atoms with Crippen LogP contribution in [0.15, 0.2) is 22.7 Å². The summed E-state index contributed by atoms with van der Waals surface area (Å²) < 4.78 is 12.4. The van der Waals surface area contributed by atoms with Crippen molar-refractivity contribution in [2.24, 2.45) is 0 Å². The summed E-state index contributed by atoms with van der Waals surface area (Å²) in [4.78, 5) is 4.82. The van der Waals surface area contributed by atoms with E-state index in [1.165, 1.54) is 5.56 Å². The van der Waals surface area contributed by atoms with Crippen LogP contribution in [-0.2, 0) is 4.74 Å². The van der Waals surface area contributed by atoms with Gasteiger partial charge in [0.15, 0.2) is 0 Å². The zero-order valence-corrected chi connectivity index (χ0v) is 14.6. The third kappa shape index (κ3) is 5.94. The number of likely N-dealkylation sites (N-methyl/N-ethyl adjacent to an activating group) is 1. The summed E-state index contributed by atoms with van der Waals surface area (Å²) in [6.45, 7) is 9.69. The van der Waals surface area contributed by atoms with E-state index in [4.69, 9.17) is 9.47 Å². The van der Waals surface area contributed by atoms with E-state index >= 15 is 0 Å². The predicted molar refractivity (Wildman–Crippen MR) is 89.1 cm³/mol. The second kappa shape index (κ2) is 8.73. The fraction of sp³-hybridized carbons (Fsp3) is 0.625. The first-order valence-electron chi connectivity index (χ1n) is 7.53. The predicted octanol–water partition coefficient (Wildman–Crippen LogP) is 2.40. The van der Waals surface area contributed by atoms with Gasteiger partial charge in [0.2, 0.25) is 0 Å². The fourth-order valence-electron chi connectivity index (χ4n) is 2.30. The topological polar surface area (TPSA) is 24.9 Å². The second-order valence-corrected chi connectivity index (χ2v) is 6.39. The Hall–Kier alpha value is -0.620. The highest BCUT2D eigenvalue weighted by Crippen LogP contribution is 2.25. The summed E-state index contributed by atoms with van der Waals surface area (Å²) >= 11 is 3.51. The minimum absolute atomic E-state index is 0.588. The van der Waals surface area contributed by atoms with Crippen LogP contribution in [0.3, 0.4) is 0 Å². The van der Waals surface area contributed by atoms with Crippen molar-refractivity contribution in [2.75, 3.05) is 59.6 Å². The lowest BCUT2D eigenvalue weighted by Gasteiger charge is -2.32. The number of aryl methyl sites for hydroxylation is 1. The molecule has 2 rings (SSSR count). The molecule has 0 saturated carbocycles. The Morgan fingerprint density at radius 1 is 1.10 bits per heavy atom. The van der Waals surface area contributed by atoms with Gasteiger partial charge in [0.05, 0.1) is 17.7 Å². The molecule has 0 aromatic heterocycles. The molecule has 21 heavy (non-hydrogen) atoms. The minimum atomic E-state index is 0.588. The monoisotopic (exact) mass is 356 g/mol. The highest BCUT2D eigenvalue weighted by atomic mass is 79.9. The normalized spacial score (nSPS) is 17.1. The summed E-state index contributed by atoms with van der Waals surface area (Å²) in [6.07, 6.45) is 0. The first-order chi connectivity index (χ1) is 10.1. The standard InChI is InChI=1S/C16H25BrN2O2/c1-14-3-4-16(15(17)13-14)21-12-11-20-10-9-19-7-5-18(2)6-8-19/h3-4,13H,5-12H2,1-2H3. The molecule has 1 fully saturated rings. The van der Waals surface area contributed by atoms with Gasteiger partial charge in [-0.2, -0.15) is 0 Å². The molecule has 0 amide bonds. The highest BCUT2D eigenvalue weighted by molar-refractivity contribution is 9.10. The number of piperazine rings is 1. The van der Waals surface area contributed by atoms with E-state index in [1.807, 2.05) is 12.1 Å². The number of rotatable bonds is 7. The summed E-state index contributed by atoms with van der Waals surface area (Å²) in [5.74, 6) is 0.878. The number of hydrogen-bond donors (Lipinski definition) is 0. The van der Waals surface area contributed by atoms with Crippen molar-refractivity contribution in [3.8, 4) is 5.75 Å². The molecule has 0 radical (unpaired) electrons. The van der Waals surface area contributed by atoms with Gasteiger partial charge in [0.25, 0.3) is 0 Å². The van der Waals surface area contributed by atoms with E-state index in [2.05, 4.69) is 45.8 Å². The van der Waals surface area contributed by atoms with E-state index in [0.29, 0.717) is 13.2 Å². The number of benzene rings is 1. The molecule has 0 spiro atoms. The first kappa shape index (κ1) is 16.7. The van der Waals surface area contributed by atoms with E-state index in [0.717, 1.165) is 49.6 Å². The van der Waals surface area contributed by atoms with Gasteiger partial charge in [0, 0.05) is 32.7 Å². The largest absolute Gasteiger partial charge is 0.490 e. The van der Waals surface area contributed by atoms with Crippen LogP contribution in [0.25, 0.3) is 0 Å². The number of halogens is 1. The van der Waals surface area contributed by atoms with Gasteiger partial charge in [-0.25, -0.2) is 0 Å². The molecule has 1 aliphatic rings. The molecule has 0 atom stereocenters. The smallest absolute Gasteiger partial charge is 0.133 e. The van der Waals surface area contributed by atoms with Crippen molar-refractivity contribution in [3.05, 3.63) is 28.2 Å². The maximum Gasteiger partial charge on any atom is 0.133 e. The molecule has 0 N–H and O–H groups in total. The molecule has 5 heteroatoms. The highest BCUT2D eigenvalue weighted by Gasteiger charge is 2.12. The average Bonchev–Trinajstić information content (AvgIpc) is 2.46. The molecular weight excluding hydrogens is 332 g/mol. The molecule has 1 heterocycles. The second-order valence-electron chi connectivity index (χ2n) is 5.54. The zero-order valence-electron chi connectivity index (χ0n) is 13.0. The molecule has 0 bridgehead atoms. The van der Waals surface area contributed by atoms with E-state index in [1.54, 1.807) is 0 Å². The van der Waals surface area contributed by atoms with Gasteiger partial charge in [-0.1, -0.05) is 6.07 Å². The number of hydrogen-bond acceptors (Lipinski definition) is 4. The van der Waals surface area contributed by atoms with E-state index in [9.17, 15) is 0 Å². The van der Waals surface area contributed by atoms with Crippen LogP contribution in [0.2, 0.25) is 0 Å². The van der Waals surface area contributed by atoms with Crippen LogP contribution >= 0.6 is 15.9 Å². The zero-order chi connectivity index (χ0) is 15.1. The molecule has 0 unspecified atom stereocenters. The van der Waals surface area contributed by atoms with Gasteiger partial charge in [-0.05, 0) is 47.6 Å². The molecule has 0 aliphatic carbocycles. The van der Waals surface area contributed by atoms with Crippen LogP contribution in [0.4, 0.5) is 0 Å². The van der Waals surface area contributed by atoms with Crippen molar-refractivity contribution < 1.29 is 9.47 Å². The molecule has 1 saturated heterocycles. The van der Waals surface area contributed by atoms with Gasteiger partial charge >= 0.3 is 0 Å². The third-order valence-electron chi connectivity index (χ3n) is 3.72. The van der Waals surface area contributed by atoms with Crippen LogP contribution in [-0.4, -0.2) is 69.4 Å². The van der Waals surface area contributed by atoms with Crippen LogP contribution in [0, 0.1) is 6.92 Å². The lowest BCUT2D eigenvalue weighted by molar-refractivity contribution is 0.0656. The minimum Gasteiger partial charge on any atom is -0.490 e. The molecule has 1 aromatic rings. The summed E-state index contributed by atoms with van der Waals surface area (Å²) in [7, 11) is 2.17. The average molecular weight is 357 g/mol. The summed E-state index contributed by atoms with van der Waals surface area (Å²) in [6, 6.07) is 6.10. The number of nitrogens with zero attached hydrogens (tertiary/aromatic N) is 2. The quantitative estimate of drug-likeness (QED) is 0.700. The Balaban J connectivity index is 1.54. The maximum atomic E-state index is 5.71. The molecule has 118 valence electrons.